The highest BCUT2D eigenvalue weighted by atomic mass is 15.2. The van der Waals surface area contributed by atoms with Gasteiger partial charge >= 0.3 is 0 Å². The minimum atomic E-state index is 0.545. The van der Waals surface area contributed by atoms with Crippen LogP contribution in [-0.4, -0.2) is 42.7 Å². The number of anilines is 2. The summed E-state index contributed by atoms with van der Waals surface area (Å²) in [4.78, 5) is 11.0. The fourth-order valence-electron chi connectivity index (χ4n) is 3.16. The second-order valence-electron chi connectivity index (χ2n) is 7.10. The second-order valence-corrected chi connectivity index (χ2v) is 7.10. The van der Waals surface area contributed by atoms with E-state index in [4.69, 9.17) is 0 Å². The molecule has 1 heterocycles. The quantitative estimate of drug-likeness (QED) is 0.846. The van der Waals surface area contributed by atoms with Crippen LogP contribution in [0.1, 0.15) is 44.3 Å². The molecule has 0 aliphatic heterocycles. The van der Waals surface area contributed by atoms with Crippen molar-refractivity contribution in [2.75, 3.05) is 30.9 Å². The van der Waals surface area contributed by atoms with E-state index in [0.717, 1.165) is 29.4 Å². The monoisotopic (exact) mass is 303 g/mol. The first-order valence-corrected chi connectivity index (χ1v) is 8.63. The lowest BCUT2D eigenvalue weighted by atomic mass is 9.91. The fraction of sp³-hybridized carbons (Fsp3) is 0.765. The van der Waals surface area contributed by atoms with Crippen LogP contribution in [0.15, 0.2) is 6.07 Å². The van der Waals surface area contributed by atoms with Crippen LogP contribution in [0.25, 0.3) is 0 Å². The highest BCUT2D eigenvalue weighted by Crippen LogP contribution is 2.29. The van der Waals surface area contributed by atoms with Crippen LogP contribution in [0.4, 0.5) is 11.6 Å². The molecule has 0 atom stereocenters. The van der Waals surface area contributed by atoms with Crippen molar-refractivity contribution in [2.45, 2.75) is 57.5 Å². The Kier molecular flexibility index (Phi) is 4.81. The first-order valence-electron chi connectivity index (χ1n) is 8.63. The molecule has 0 bridgehead atoms. The Hall–Kier alpha value is -1.36. The van der Waals surface area contributed by atoms with Crippen molar-refractivity contribution >= 4 is 11.6 Å². The predicted octanol–water partition coefficient (Wildman–Crippen LogP) is 2.57. The lowest BCUT2D eigenvalue weighted by Gasteiger charge is -2.30. The molecule has 0 spiro atoms. The smallest absolute Gasteiger partial charge is 0.133 e. The van der Waals surface area contributed by atoms with Crippen molar-refractivity contribution in [2.24, 2.45) is 5.92 Å². The van der Waals surface area contributed by atoms with Crippen LogP contribution in [0, 0.1) is 12.8 Å². The zero-order chi connectivity index (χ0) is 15.5. The number of hydrogen-bond donors (Lipinski definition) is 2. The molecule has 3 rings (SSSR count). The molecule has 2 aliphatic carbocycles. The number of nitrogens with zero attached hydrogens (tertiary/aromatic N) is 3. The zero-order valence-corrected chi connectivity index (χ0v) is 14.1. The van der Waals surface area contributed by atoms with Crippen LogP contribution in [0.2, 0.25) is 0 Å². The van der Waals surface area contributed by atoms with E-state index in [-0.39, 0.29) is 0 Å². The largest absolute Gasteiger partial charge is 0.367 e. The molecule has 1 aromatic rings. The third kappa shape index (κ3) is 4.32. The third-order valence-electron chi connectivity index (χ3n) is 4.75. The van der Waals surface area contributed by atoms with E-state index in [1.807, 2.05) is 32.0 Å². The number of hydrogen-bond acceptors (Lipinski definition) is 5. The topological polar surface area (TPSA) is 53.1 Å². The summed E-state index contributed by atoms with van der Waals surface area (Å²) in [5.41, 5.74) is 0. The predicted molar refractivity (Wildman–Crippen MR) is 91.5 cm³/mol. The molecule has 5 nitrogen and oxygen atoms in total. The molecule has 2 aliphatic rings. The Morgan fingerprint density at radius 2 is 1.73 bits per heavy atom. The van der Waals surface area contributed by atoms with Crippen LogP contribution in [-0.2, 0) is 0 Å². The van der Waals surface area contributed by atoms with Gasteiger partial charge in [-0.1, -0.05) is 0 Å². The molecule has 0 amide bonds. The fourth-order valence-corrected chi connectivity index (χ4v) is 3.16. The van der Waals surface area contributed by atoms with Gasteiger partial charge in [-0.15, -0.1) is 0 Å². The maximum Gasteiger partial charge on any atom is 0.133 e. The second kappa shape index (κ2) is 6.82. The van der Waals surface area contributed by atoms with Gasteiger partial charge in [0.05, 0.1) is 0 Å². The molecule has 0 unspecified atom stereocenters. The van der Waals surface area contributed by atoms with Crippen molar-refractivity contribution < 1.29 is 0 Å². The van der Waals surface area contributed by atoms with Crippen molar-refractivity contribution in [1.29, 1.82) is 0 Å². The molecule has 0 saturated heterocycles. The molecule has 0 radical (unpaired) electrons. The SMILES string of the molecule is Cc1nc(NC2CCC(NCC3CC3)CC2)cc(N(C)C)n1. The van der Waals surface area contributed by atoms with E-state index in [9.17, 15) is 0 Å². The number of rotatable bonds is 6. The number of aryl methyl sites for hydroxylation is 1. The molecule has 2 N–H and O–H groups in total. The zero-order valence-electron chi connectivity index (χ0n) is 14.1. The van der Waals surface area contributed by atoms with Gasteiger partial charge in [-0.2, -0.15) is 0 Å². The van der Waals surface area contributed by atoms with Gasteiger partial charge in [0, 0.05) is 32.2 Å². The number of aromatic nitrogens is 2. The Morgan fingerprint density at radius 1 is 1.05 bits per heavy atom. The number of nitrogens with one attached hydrogen (secondary N) is 2. The van der Waals surface area contributed by atoms with Gasteiger partial charge in [0.1, 0.15) is 17.5 Å². The average Bonchev–Trinajstić information content (AvgIpc) is 3.30. The van der Waals surface area contributed by atoms with Crippen LogP contribution < -0.4 is 15.5 Å². The Labute approximate surface area is 133 Å². The molecular formula is C17H29N5. The molecule has 22 heavy (non-hydrogen) atoms. The first kappa shape index (κ1) is 15.5. The summed E-state index contributed by atoms with van der Waals surface area (Å²) >= 11 is 0. The first-order chi connectivity index (χ1) is 10.6. The molecule has 0 aromatic carbocycles. The van der Waals surface area contributed by atoms with Gasteiger partial charge in [-0.3, -0.25) is 0 Å². The average molecular weight is 303 g/mol. The minimum absolute atomic E-state index is 0.545. The molecule has 5 heteroatoms. The maximum atomic E-state index is 4.53. The van der Waals surface area contributed by atoms with Crippen molar-refractivity contribution in [3.63, 3.8) is 0 Å². The Bertz CT molecular complexity index is 490. The van der Waals surface area contributed by atoms with Crippen LogP contribution in [0.5, 0.6) is 0 Å². The van der Waals surface area contributed by atoms with E-state index >= 15 is 0 Å². The van der Waals surface area contributed by atoms with E-state index in [0.29, 0.717) is 6.04 Å². The summed E-state index contributed by atoms with van der Waals surface area (Å²) < 4.78 is 0. The molecule has 1 aromatic heterocycles. The molecular weight excluding hydrogens is 274 g/mol. The normalized spacial score (nSPS) is 25.0. The van der Waals surface area contributed by atoms with Crippen LogP contribution in [0.3, 0.4) is 0 Å². The third-order valence-corrected chi connectivity index (χ3v) is 4.75. The van der Waals surface area contributed by atoms with E-state index in [1.165, 1.54) is 45.1 Å². The summed E-state index contributed by atoms with van der Waals surface area (Å²) in [6.45, 7) is 3.19. The molecule has 2 fully saturated rings. The van der Waals surface area contributed by atoms with Gasteiger partial charge < -0.3 is 15.5 Å². The Morgan fingerprint density at radius 3 is 2.36 bits per heavy atom. The lowest BCUT2D eigenvalue weighted by Crippen LogP contribution is -2.38. The molecule has 2 saturated carbocycles. The molecule has 122 valence electrons. The maximum absolute atomic E-state index is 4.53. The van der Waals surface area contributed by atoms with Gasteiger partial charge in [-0.05, 0) is 57.9 Å². The summed E-state index contributed by atoms with van der Waals surface area (Å²) in [5, 5.41) is 7.35. The van der Waals surface area contributed by atoms with Gasteiger partial charge in [-0.25, -0.2) is 9.97 Å². The standard InChI is InChI=1S/C17H29N5/c1-12-19-16(10-17(20-12)22(2)3)21-15-8-6-14(7-9-15)18-11-13-4-5-13/h10,13-15,18H,4-9,11H2,1-3H3,(H,19,20,21). The van der Waals surface area contributed by atoms with E-state index in [2.05, 4.69) is 20.6 Å². The highest BCUT2D eigenvalue weighted by molar-refractivity contribution is 5.48. The van der Waals surface area contributed by atoms with E-state index < -0.39 is 0 Å². The highest BCUT2D eigenvalue weighted by Gasteiger charge is 2.25. The van der Waals surface area contributed by atoms with Crippen molar-refractivity contribution in [1.82, 2.24) is 15.3 Å². The van der Waals surface area contributed by atoms with Crippen molar-refractivity contribution in [3.8, 4) is 0 Å². The summed E-state index contributed by atoms with van der Waals surface area (Å²) in [5.74, 6) is 3.73. The van der Waals surface area contributed by atoms with Crippen molar-refractivity contribution in [3.05, 3.63) is 11.9 Å². The summed E-state index contributed by atoms with van der Waals surface area (Å²) in [6, 6.07) is 3.32. The van der Waals surface area contributed by atoms with Gasteiger partial charge in [0.2, 0.25) is 0 Å². The summed E-state index contributed by atoms with van der Waals surface area (Å²) in [7, 11) is 4.03. The minimum Gasteiger partial charge on any atom is -0.367 e. The van der Waals surface area contributed by atoms with Gasteiger partial charge in [0.25, 0.3) is 0 Å². The van der Waals surface area contributed by atoms with Gasteiger partial charge in [0.15, 0.2) is 0 Å². The summed E-state index contributed by atoms with van der Waals surface area (Å²) in [6.07, 6.45) is 7.87. The lowest BCUT2D eigenvalue weighted by molar-refractivity contribution is 0.350. The Balaban J connectivity index is 1.49. The van der Waals surface area contributed by atoms with Crippen LogP contribution >= 0.6 is 0 Å². The van der Waals surface area contributed by atoms with E-state index in [1.54, 1.807) is 0 Å².